The number of fused-ring (bicyclic) bond motifs is 7. The molecule has 0 aromatic heterocycles. The molecule has 13 aliphatic rings. The molecular weight excluding hydrogens is 1710 g/mol. The average Bonchev–Trinajstić information content (AvgIpc) is 0.853. The van der Waals surface area contributed by atoms with E-state index in [9.17, 15) is 111 Å². The quantitative estimate of drug-likeness (QED) is 0.0136. The zero-order valence-electron chi connectivity index (χ0n) is 73.5. The molecule has 1 amide bonds. The van der Waals surface area contributed by atoms with Crippen LogP contribution in [0.15, 0.2) is 48.1 Å². The number of benzene rings is 1. The summed E-state index contributed by atoms with van der Waals surface area (Å²) in [4.78, 5) is 56.4. The maximum atomic E-state index is 16.5. The van der Waals surface area contributed by atoms with Crippen LogP contribution in [0.5, 0.6) is 0 Å². The summed E-state index contributed by atoms with van der Waals surface area (Å²) in [7, 11) is 0. The summed E-state index contributed by atoms with van der Waals surface area (Å²) in [6, 6.07) is 7.22. The predicted molar refractivity (Wildman–Crippen MR) is 430 cm³/mol. The van der Waals surface area contributed by atoms with E-state index in [2.05, 4.69) is 59.9 Å². The first kappa shape index (κ1) is 100. The molecule has 4 saturated carbocycles. The number of ether oxygens (including phenoxy) is 18. The second-order valence-electron chi connectivity index (χ2n) is 39.4. The van der Waals surface area contributed by atoms with Gasteiger partial charge in [-0.2, -0.15) is 0 Å². The molecular formula is C87H131NO41. The third-order valence-electron chi connectivity index (χ3n) is 30.5. The number of allylic oxidation sites excluding steroid dienone is 2. The van der Waals surface area contributed by atoms with Gasteiger partial charge in [-0.15, -0.1) is 0 Å². The van der Waals surface area contributed by atoms with Crippen molar-refractivity contribution >= 4 is 29.9 Å². The Hall–Kier alpha value is -4.78. The van der Waals surface area contributed by atoms with Crippen LogP contribution in [0.3, 0.4) is 0 Å². The van der Waals surface area contributed by atoms with Crippen molar-refractivity contribution in [2.75, 3.05) is 59.5 Å². The molecule has 43 atom stereocenters. The van der Waals surface area contributed by atoms with Crippen molar-refractivity contribution in [1.82, 2.24) is 5.32 Å². The maximum absolute atomic E-state index is 16.5. The fourth-order valence-electron chi connectivity index (χ4n) is 22.8. The van der Waals surface area contributed by atoms with Gasteiger partial charge in [0.1, 0.15) is 159 Å². The van der Waals surface area contributed by atoms with E-state index in [4.69, 9.17) is 85.3 Å². The molecule has 0 radical (unpaired) electrons. The van der Waals surface area contributed by atoms with Crippen molar-refractivity contribution in [3.63, 3.8) is 0 Å². The highest BCUT2D eigenvalue weighted by molar-refractivity contribution is 5.87. The van der Waals surface area contributed by atoms with Gasteiger partial charge in [0.05, 0.1) is 64.4 Å². The Morgan fingerprint density at radius 3 is 1.74 bits per heavy atom. The number of aliphatic hydroxyl groups excluding tert-OH is 18. The molecule has 8 aliphatic heterocycles. The minimum Gasteiger partial charge on any atom is -0.460 e. The van der Waals surface area contributed by atoms with Gasteiger partial charge >= 0.3 is 17.9 Å². The number of amides is 1. The second-order valence-corrected chi connectivity index (χ2v) is 39.4. The van der Waals surface area contributed by atoms with Gasteiger partial charge in [-0.25, -0.2) is 4.79 Å². The van der Waals surface area contributed by atoms with Gasteiger partial charge in [0.25, 0.3) is 0 Å². The molecule has 5 aliphatic carbocycles. The maximum Gasteiger partial charge on any atom is 0.330 e. The smallest absolute Gasteiger partial charge is 0.330 e. The fraction of sp³-hybridized carbons (Fsp3) is 0.839. The number of hydrogen-bond donors (Lipinski definition) is 20. The Bertz CT molecular complexity index is 4040. The van der Waals surface area contributed by atoms with Crippen LogP contribution < -0.4 is 5.32 Å². The molecule has 1 aromatic rings. The van der Waals surface area contributed by atoms with Gasteiger partial charge in [-0.3, -0.25) is 14.4 Å². The molecule has 42 nitrogen and oxygen atoms in total. The standard InChI is InChI=1S/C87H131NO41/c1-37(92)88-53-59(102)66(125-75-64(107)60(103)56(99)44(28-89)119-75)48(34-116-76-68(55(98)43(95)31-114-76)127-73-62(105)54(97)42(94)30-113-73)122-72(53)124-51-20-21-83(7)49(82(51,5)6)19-22-85(9)50(83)17-16-40-41-27-81(3,4)23-25-86(41,26-24-84(40,85)8)80(110)129-78-70(128-74-63(106)58(101)46(32-115-74)121-79-71(109)87(111,35-91)36-117-79)65(108)67(47(123-78)33-112-52(96)18-15-39-13-11-10-12-14-39)126-77-69(118-38(2)93)61(104)57(100)45(29-90)120-77/h10-16,18,41-51,53-79,89-91,94-95,97-109,111H,17,19-36H2,1-9H3,(H,88,92)/t41?,42?,43?,44?,45?,46?,47?,48?,49?,50?,51-,53?,54?,55?,56?,57?,58?,59?,60?,61?,62?,63?,64?,65?,66?,67?,68?,69?,70?,71?,72?,73?,74?,75?,76?,77?,78?,79?,83-,84+,85+,86-,87?/m0/s1. The highest BCUT2D eigenvalue weighted by atomic mass is 16.8. The first-order valence-electron chi connectivity index (χ1n) is 44.5. The predicted octanol–water partition coefficient (Wildman–Crippen LogP) is -5.20. The Kier molecular flexibility index (Phi) is 30.9. The van der Waals surface area contributed by atoms with E-state index in [0.29, 0.717) is 56.9 Å². The van der Waals surface area contributed by atoms with Crippen LogP contribution in [0.2, 0.25) is 0 Å². The van der Waals surface area contributed by atoms with Gasteiger partial charge in [-0.1, -0.05) is 90.4 Å². The first-order chi connectivity index (χ1) is 60.9. The van der Waals surface area contributed by atoms with Crippen LogP contribution in [-0.2, 0) is 104 Å². The van der Waals surface area contributed by atoms with Gasteiger partial charge in [0.15, 0.2) is 56.2 Å². The molecule has 8 saturated heterocycles. The molecule has 0 bridgehead atoms. The minimum atomic E-state index is -2.20. The van der Waals surface area contributed by atoms with E-state index < -0.39 is 337 Å². The van der Waals surface area contributed by atoms with Crippen molar-refractivity contribution in [2.45, 2.75) is 347 Å². The monoisotopic (exact) mass is 1850 g/mol. The number of esters is 3. The summed E-state index contributed by atoms with van der Waals surface area (Å²) >= 11 is 0. The lowest BCUT2D eigenvalue weighted by atomic mass is 9.33. The number of aliphatic hydroxyl groups is 19. The van der Waals surface area contributed by atoms with E-state index in [-0.39, 0.29) is 30.1 Å². The SMILES string of the molecule is CC(=O)NC1C(O[C@H]2CC[C@@]3(C)C(CC[C@]4(C)C3CC=C3C5CC(C)(C)CC[C@]5(C(=O)OC5OC(COC(=O)C=Cc6ccccc6)C(OC6OC(CO)C(O)C(O)C6OC(C)=O)C(O)C5OC5OCC(OC6OCC(O)(CO)C6O)C(O)C5O)CC[C@]34C)C2(C)C)OC(COC2OCC(O)C(O)C2OC2OCC(O)C(O)C2O)C(OC2OC(CO)C(O)C(O)C2O)C1O. The van der Waals surface area contributed by atoms with E-state index in [1.807, 2.05) is 0 Å². The number of hydrogen-bond acceptors (Lipinski definition) is 41. The van der Waals surface area contributed by atoms with Crippen molar-refractivity contribution in [3.8, 4) is 0 Å². The normalized spacial score (nSPS) is 48.6. The van der Waals surface area contributed by atoms with Gasteiger partial charge in [0.2, 0.25) is 12.2 Å². The average molecular weight is 1850 g/mol. The summed E-state index contributed by atoms with van der Waals surface area (Å²) in [5.41, 5.74) is -4.45. The van der Waals surface area contributed by atoms with Crippen LogP contribution >= 0.6 is 0 Å². The summed E-state index contributed by atoms with van der Waals surface area (Å²) in [5, 5.41) is 214. The lowest BCUT2D eigenvalue weighted by Crippen LogP contribution is -2.69. The molecule has 0 spiro atoms. The van der Waals surface area contributed by atoms with Gasteiger partial charge in [0, 0.05) is 19.9 Å². The molecule has 1 aromatic carbocycles. The second kappa shape index (κ2) is 39.7. The van der Waals surface area contributed by atoms with Gasteiger partial charge < -0.3 is 188 Å². The van der Waals surface area contributed by atoms with Crippen LogP contribution in [0, 0.1) is 50.2 Å². The summed E-state index contributed by atoms with van der Waals surface area (Å²) in [6.07, 6.45) is -50.8. The van der Waals surface area contributed by atoms with Crippen LogP contribution in [0.1, 0.15) is 132 Å². The number of carbonyl (C=O) groups is 4. The highest BCUT2D eigenvalue weighted by Crippen LogP contribution is 2.76. The van der Waals surface area contributed by atoms with E-state index >= 15 is 4.79 Å². The minimum absolute atomic E-state index is 0.0163. The fourth-order valence-corrected chi connectivity index (χ4v) is 22.8. The lowest BCUT2D eigenvalue weighted by molar-refractivity contribution is -0.381. The van der Waals surface area contributed by atoms with Crippen molar-refractivity contribution < 1.29 is 201 Å². The lowest BCUT2D eigenvalue weighted by Gasteiger charge is -2.71. The number of nitrogens with one attached hydrogen (secondary N) is 1. The van der Waals surface area contributed by atoms with E-state index in [0.717, 1.165) is 18.6 Å². The van der Waals surface area contributed by atoms with E-state index in [1.54, 1.807) is 30.3 Å². The topological polar surface area (TPSA) is 631 Å². The van der Waals surface area contributed by atoms with Crippen molar-refractivity contribution in [3.05, 3.63) is 53.6 Å². The summed E-state index contributed by atoms with van der Waals surface area (Å²) in [5.74, 6) is -4.00. The third-order valence-corrected chi connectivity index (χ3v) is 30.5. The van der Waals surface area contributed by atoms with Crippen LogP contribution in [0.4, 0.5) is 0 Å². The molecule has 14 rings (SSSR count). The Balaban J connectivity index is 0.744. The molecule has 730 valence electrons. The Morgan fingerprint density at radius 1 is 0.504 bits per heavy atom. The molecule has 129 heavy (non-hydrogen) atoms. The molecule has 20 N–H and O–H groups in total. The largest absolute Gasteiger partial charge is 0.460 e. The van der Waals surface area contributed by atoms with E-state index in [1.165, 1.54) is 13.0 Å². The zero-order chi connectivity index (χ0) is 93.4. The molecule has 8 heterocycles. The number of rotatable bonds is 26. The van der Waals surface area contributed by atoms with Crippen LogP contribution in [0.25, 0.3) is 6.08 Å². The molecule has 42 heteroatoms. The zero-order valence-corrected chi connectivity index (χ0v) is 73.5. The molecule has 38 unspecified atom stereocenters. The van der Waals surface area contributed by atoms with Crippen molar-refractivity contribution in [2.24, 2.45) is 50.2 Å². The Labute approximate surface area is 744 Å². The first-order valence-corrected chi connectivity index (χ1v) is 44.5. The van der Waals surface area contributed by atoms with Crippen molar-refractivity contribution in [1.29, 1.82) is 0 Å². The van der Waals surface area contributed by atoms with Crippen LogP contribution in [-0.4, -0.2) is 401 Å². The van der Waals surface area contributed by atoms with Gasteiger partial charge in [-0.05, 0) is 121 Å². The summed E-state index contributed by atoms with van der Waals surface area (Å²) in [6.45, 7) is 11.1. The highest BCUT2D eigenvalue weighted by Gasteiger charge is 2.71. The molecule has 12 fully saturated rings. The summed E-state index contributed by atoms with van der Waals surface area (Å²) < 4.78 is 110. The third kappa shape index (κ3) is 19.4. The Morgan fingerprint density at radius 2 is 1.09 bits per heavy atom. The number of carbonyl (C=O) groups excluding carboxylic acids is 4.